The molecule has 2 atom stereocenters. The Labute approximate surface area is 139 Å². The Morgan fingerprint density at radius 1 is 1.38 bits per heavy atom. The maximum atomic E-state index is 11.6. The monoisotopic (exact) mass is 323 g/mol. The van der Waals surface area contributed by atoms with Gasteiger partial charge in [0.15, 0.2) is 5.82 Å². The van der Waals surface area contributed by atoms with Crippen LogP contribution in [0.1, 0.15) is 36.5 Å². The first-order valence-electron chi connectivity index (χ1n) is 7.71. The van der Waals surface area contributed by atoms with Gasteiger partial charge in [-0.1, -0.05) is 32.0 Å². The molecule has 1 aromatic heterocycles. The maximum absolute atomic E-state index is 11.6. The molecule has 2 heterocycles. The van der Waals surface area contributed by atoms with Gasteiger partial charge in [0.2, 0.25) is 0 Å². The van der Waals surface area contributed by atoms with Crippen molar-refractivity contribution in [2.24, 2.45) is 16.8 Å². The fourth-order valence-corrected chi connectivity index (χ4v) is 3.31. The maximum Gasteiger partial charge on any atom is 0.276 e. The third-order valence-electron chi connectivity index (χ3n) is 4.39. The molecule has 1 N–H and O–H groups in total. The summed E-state index contributed by atoms with van der Waals surface area (Å²) in [6, 6.07) is 7.52. The molecule has 0 fully saturated rings. The van der Waals surface area contributed by atoms with E-state index in [-0.39, 0.29) is 16.5 Å². The van der Waals surface area contributed by atoms with Crippen LogP contribution in [0.4, 0.5) is 11.5 Å². The Morgan fingerprint density at radius 2 is 2.12 bits per heavy atom. The summed E-state index contributed by atoms with van der Waals surface area (Å²) in [4.78, 5) is 15.8. The van der Waals surface area contributed by atoms with E-state index in [1.54, 1.807) is 31.3 Å². The third kappa shape index (κ3) is 2.36. The molecule has 0 spiro atoms. The molecule has 7 nitrogen and oxygen atoms in total. The topological polar surface area (TPSA) is 108 Å². The van der Waals surface area contributed by atoms with Crippen LogP contribution in [0.15, 0.2) is 29.4 Å². The summed E-state index contributed by atoms with van der Waals surface area (Å²) in [6.45, 7) is 5.64. The summed E-state index contributed by atoms with van der Waals surface area (Å²) >= 11 is 0. The third-order valence-corrected chi connectivity index (χ3v) is 4.39. The molecule has 0 bridgehead atoms. The van der Waals surface area contributed by atoms with E-state index in [9.17, 15) is 15.4 Å². The molecule has 0 saturated heterocycles. The highest BCUT2D eigenvalue weighted by Gasteiger charge is 2.40. The number of aromatic amines is 1. The molecule has 122 valence electrons. The minimum Gasteiger partial charge on any atom is -0.261 e. The van der Waals surface area contributed by atoms with Crippen LogP contribution in [-0.2, 0) is 0 Å². The number of aromatic nitrogens is 2. The summed E-state index contributed by atoms with van der Waals surface area (Å²) in [6.07, 6.45) is 1.61. The molecule has 1 aliphatic heterocycles. The number of nitriles is 1. The lowest BCUT2D eigenvalue weighted by Gasteiger charge is -2.29. The zero-order valence-corrected chi connectivity index (χ0v) is 13.6. The van der Waals surface area contributed by atoms with E-state index in [1.165, 1.54) is 0 Å². The minimum atomic E-state index is -0.560. The summed E-state index contributed by atoms with van der Waals surface area (Å²) < 4.78 is 0. The zero-order valence-electron chi connectivity index (χ0n) is 13.6. The molecule has 1 aliphatic rings. The van der Waals surface area contributed by atoms with Gasteiger partial charge in [0.05, 0.1) is 23.1 Å². The predicted molar refractivity (Wildman–Crippen MR) is 89.3 cm³/mol. The number of aliphatic imine (C=N–C) groups is 1. The van der Waals surface area contributed by atoms with Crippen molar-refractivity contribution in [3.05, 3.63) is 51.2 Å². The van der Waals surface area contributed by atoms with Crippen molar-refractivity contribution >= 4 is 17.2 Å². The van der Waals surface area contributed by atoms with E-state index in [0.717, 1.165) is 11.3 Å². The second kappa shape index (κ2) is 5.89. The van der Waals surface area contributed by atoms with Gasteiger partial charge in [-0.2, -0.15) is 10.4 Å². The first kappa shape index (κ1) is 15.9. The second-order valence-electron chi connectivity index (χ2n) is 6.22. The van der Waals surface area contributed by atoms with Crippen molar-refractivity contribution in [2.45, 2.75) is 26.7 Å². The van der Waals surface area contributed by atoms with Crippen LogP contribution in [0, 0.1) is 40.2 Å². The van der Waals surface area contributed by atoms with E-state index < -0.39 is 11.8 Å². The van der Waals surface area contributed by atoms with Crippen molar-refractivity contribution in [1.29, 1.82) is 5.26 Å². The standard InChI is InChI=1S/C17H17N5O2/c1-9(2)15-12(7-18)14(13-8-19-21-17(13)20-15)11-6-4-5-10(3)16(11)22(23)24/h4-6,8-9,12,14H,1-3H3,(H,19,21). The van der Waals surface area contributed by atoms with Crippen LogP contribution in [-0.4, -0.2) is 20.8 Å². The second-order valence-corrected chi connectivity index (χ2v) is 6.22. The molecule has 7 heteroatoms. The first-order chi connectivity index (χ1) is 11.5. The number of benzene rings is 1. The highest BCUT2D eigenvalue weighted by atomic mass is 16.6. The average molecular weight is 323 g/mol. The molecule has 0 amide bonds. The highest BCUT2D eigenvalue weighted by molar-refractivity contribution is 5.95. The van der Waals surface area contributed by atoms with Gasteiger partial charge in [0.1, 0.15) is 0 Å². The smallest absolute Gasteiger partial charge is 0.261 e. The van der Waals surface area contributed by atoms with E-state index >= 15 is 0 Å². The number of hydrogen-bond donors (Lipinski definition) is 1. The molecule has 24 heavy (non-hydrogen) atoms. The fraction of sp³-hybridized carbons (Fsp3) is 0.353. The SMILES string of the molecule is Cc1cccc(C2c3cn[nH]c3N=C(C(C)C)C2C#N)c1[N+](=O)[O-]. The van der Waals surface area contributed by atoms with Gasteiger partial charge in [-0.15, -0.1) is 0 Å². The molecule has 3 rings (SSSR count). The van der Waals surface area contributed by atoms with Crippen LogP contribution in [0.3, 0.4) is 0 Å². The Kier molecular flexibility index (Phi) is 3.89. The Bertz CT molecular complexity index is 875. The molecular formula is C17H17N5O2. The molecule has 2 aromatic rings. The first-order valence-corrected chi connectivity index (χ1v) is 7.71. The summed E-state index contributed by atoms with van der Waals surface area (Å²) in [5.74, 6) is -0.391. The summed E-state index contributed by atoms with van der Waals surface area (Å²) in [5.41, 5.74) is 2.60. The molecule has 2 unspecified atom stereocenters. The van der Waals surface area contributed by atoms with Crippen molar-refractivity contribution in [3.8, 4) is 6.07 Å². The Balaban J connectivity index is 2.28. The number of nitrogens with zero attached hydrogens (tertiary/aromatic N) is 4. The number of nitro benzene ring substituents is 1. The Morgan fingerprint density at radius 3 is 2.75 bits per heavy atom. The summed E-state index contributed by atoms with van der Waals surface area (Å²) in [7, 11) is 0. The van der Waals surface area contributed by atoms with Gasteiger partial charge in [-0.25, -0.2) is 4.99 Å². The molecule has 1 aromatic carbocycles. The summed E-state index contributed by atoms with van der Waals surface area (Å²) in [5, 5.41) is 28.2. The van der Waals surface area contributed by atoms with Crippen LogP contribution in [0.25, 0.3) is 0 Å². The van der Waals surface area contributed by atoms with Crippen LogP contribution >= 0.6 is 0 Å². The fourth-order valence-electron chi connectivity index (χ4n) is 3.31. The number of nitro groups is 1. The average Bonchev–Trinajstić information content (AvgIpc) is 3.00. The van der Waals surface area contributed by atoms with E-state index in [0.29, 0.717) is 16.9 Å². The van der Waals surface area contributed by atoms with Gasteiger partial charge in [-0.3, -0.25) is 15.2 Å². The molecule has 0 aliphatic carbocycles. The van der Waals surface area contributed by atoms with Crippen molar-refractivity contribution in [2.75, 3.05) is 0 Å². The lowest BCUT2D eigenvalue weighted by molar-refractivity contribution is -0.386. The van der Waals surface area contributed by atoms with Gasteiger partial charge >= 0.3 is 0 Å². The van der Waals surface area contributed by atoms with Crippen molar-refractivity contribution < 1.29 is 4.92 Å². The van der Waals surface area contributed by atoms with Gasteiger partial charge in [0.25, 0.3) is 5.69 Å². The largest absolute Gasteiger partial charge is 0.276 e. The lowest BCUT2D eigenvalue weighted by Crippen LogP contribution is -2.29. The quantitative estimate of drug-likeness (QED) is 0.687. The van der Waals surface area contributed by atoms with Gasteiger partial charge < -0.3 is 0 Å². The highest BCUT2D eigenvalue weighted by Crippen LogP contribution is 2.45. The minimum absolute atomic E-state index is 0.0532. The number of nitrogens with one attached hydrogen (secondary N) is 1. The molecule has 0 radical (unpaired) electrons. The molecule has 0 saturated carbocycles. The predicted octanol–water partition coefficient (Wildman–Crippen LogP) is 3.64. The number of hydrogen-bond acceptors (Lipinski definition) is 5. The lowest BCUT2D eigenvalue weighted by atomic mass is 9.74. The van der Waals surface area contributed by atoms with Gasteiger partial charge in [0, 0.05) is 28.3 Å². The Hall–Kier alpha value is -3.01. The van der Waals surface area contributed by atoms with E-state index in [1.807, 2.05) is 13.8 Å². The van der Waals surface area contributed by atoms with E-state index in [4.69, 9.17) is 0 Å². The van der Waals surface area contributed by atoms with Crippen LogP contribution in [0.2, 0.25) is 0 Å². The number of aryl methyl sites for hydroxylation is 1. The zero-order chi connectivity index (χ0) is 17.4. The molecular weight excluding hydrogens is 306 g/mol. The number of rotatable bonds is 3. The number of para-hydroxylation sites is 1. The number of H-pyrrole nitrogens is 1. The van der Waals surface area contributed by atoms with Crippen molar-refractivity contribution in [1.82, 2.24) is 10.2 Å². The van der Waals surface area contributed by atoms with Crippen molar-refractivity contribution in [3.63, 3.8) is 0 Å². The van der Waals surface area contributed by atoms with Crippen LogP contribution < -0.4 is 0 Å². The number of fused-ring (bicyclic) bond motifs is 1. The normalized spacial score (nSPS) is 19.5. The van der Waals surface area contributed by atoms with E-state index in [2.05, 4.69) is 21.3 Å². The van der Waals surface area contributed by atoms with Crippen LogP contribution in [0.5, 0.6) is 0 Å². The van der Waals surface area contributed by atoms with Gasteiger partial charge in [-0.05, 0) is 12.8 Å².